The van der Waals surface area contributed by atoms with Gasteiger partial charge >= 0.3 is 0 Å². The monoisotopic (exact) mass is 514 g/mol. The van der Waals surface area contributed by atoms with Gasteiger partial charge in [-0.25, -0.2) is 0 Å². The maximum Gasteiger partial charge on any atom is 0.146 e. The van der Waals surface area contributed by atoms with Crippen molar-refractivity contribution >= 4 is 0 Å². The second-order valence-electron chi connectivity index (χ2n) is 10.4. The molecule has 6 heteroatoms. The van der Waals surface area contributed by atoms with Gasteiger partial charge in [0, 0.05) is 14.2 Å². The van der Waals surface area contributed by atoms with Crippen molar-refractivity contribution in [2.75, 3.05) is 27.8 Å². The molecule has 214 valence electrons. The average molecular weight is 515 g/mol. The lowest BCUT2D eigenvalue weighted by atomic mass is 9.99. The van der Waals surface area contributed by atoms with E-state index in [0.717, 1.165) is 32.1 Å². The molecule has 0 aromatic rings. The SMILES string of the molecule is C=CC[C@@H](O)CC[C@@H](OCOC)[C@H]1CC[C@H]([C@H](CCCCCCCCCCCCCC)OCOC)O1. The Morgan fingerprint density at radius 1 is 0.750 bits per heavy atom. The van der Waals surface area contributed by atoms with Crippen LogP contribution in [0.25, 0.3) is 0 Å². The van der Waals surface area contributed by atoms with Crippen molar-refractivity contribution in [3.05, 3.63) is 12.7 Å². The molecule has 0 saturated carbocycles. The highest BCUT2D eigenvalue weighted by atomic mass is 16.7. The zero-order chi connectivity index (χ0) is 26.3. The smallest absolute Gasteiger partial charge is 0.146 e. The summed E-state index contributed by atoms with van der Waals surface area (Å²) in [5.41, 5.74) is 0. The summed E-state index contributed by atoms with van der Waals surface area (Å²) >= 11 is 0. The molecule has 0 amide bonds. The Hall–Kier alpha value is -0.500. The Morgan fingerprint density at radius 3 is 1.69 bits per heavy atom. The van der Waals surface area contributed by atoms with Crippen LogP contribution in [0.4, 0.5) is 0 Å². The van der Waals surface area contributed by atoms with Crippen LogP contribution in [-0.4, -0.2) is 63.4 Å². The normalized spacial score (nSPS) is 20.4. The van der Waals surface area contributed by atoms with Crippen LogP contribution in [0.15, 0.2) is 12.7 Å². The Balaban J connectivity index is 2.33. The average Bonchev–Trinajstić information content (AvgIpc) is 3.36. The number of methoxy groups -OCH3 is 2. The van der Waals surface area contributed by atoms with Crippen LogP contribution < -0.4 is 0 Å². The van der Waals surface area contributed by atoms with Crippen LogP contribution >= 0.6 is 0 Å². The Morgan fingerprint density at radius 2 is 1.22 bits per heavy atom. The Bertz CT molecular complexity index is 488. The van der Waals surface area contributed by atoms with Crippen molar-refractivity contribution in [2.45, 2.75) is 153 Å². The number of hydrogen-bond acceptors (Lipinski definition) is 6. The second-order valence-corrected chi connectivity index (χ2v) is 10.4. The largest absolute Gasteiger partial charge is 0.393 e. The summed E-state index contributed by atoms with van der Waals surface area (Å²) in [6.45, 7) is 6.52. The van der Waals surface area contributed by atoms with Gasteiger partial charge in [-0.3, -0.25) is 0 Å². The van der Waals surface area contributed by atoms with Crippen LogP contribution in [0.3, 0.4) is 0 Å². The van der Waals surface area contributed by atoms with Gasteiger partial charge in [-0.2, -0.15) is 0 Å². The molecular weight excluding hydrogens is 456 g/mol. The standard InChI is InChI=1S/C30H58O6/c1-5-7-8-9-10-11-12-13-14-15-16-17-19-27(34-24-32-3)29-22-23-30(36-29)28(35-25-33-4)21-20-26(31)18-6-2/h6,26-31H,2,5,7-25H2,1,3-4H3/t26-,27+,28-,29-,30-/m1/s1. The van der Waals surface area contributed by atoms with Crippen molar-refractivity contribution in [1.82, 2.24) is 0 Å². The van der Waals surface area contributed by atoms with Gasteiger partial charge in [0.1, 0.15) is 13.6 Å². The summed E-state index contributed by atoms with van der Waals surface area (Å²) in [5.74, 6) is 0. The van der Waals surface area contributed by atoms with Gasteiger partial charge in [0.25, 0.3) is 0 Å². The fourth-order valence-electron chi connectivity index (χ4n) is 5.15. The number of hydrogen-bond donors (Lipinski definition) is 1. The van der Waals surface area contributed by atoms with Crippen LogP contribution in [-0.2, 0) is 23.7 Å². The van der Waals surface area contributed by atoms with E-state index in [1.807, 2.05) is 0 Å². The predicted molar refractivity (Wildman–Crippen MR) is 147 cm³/mol. The Labute approximate surface area is 222 Å². The first-order valence-electron chi connectivity index (χ1n) is 14.8. The van der Waals surface area contributed by atoms with E-state index in [1.54, 1.807) is 20.3 Å². The van der Waals surface area contributed by atoms with Crippen LogP contribution in [0, 0.1) is 0 Å². The third-order valence-corrected chi connectivity index (χ3v) is 7.28. The van der Waals surface area contributed by atoms with Crippen LogP contribution in [0.1, 0.15) is 122 Å². The summed E-state index contributed by atoms with van der Waals surface area (Å²) < 4.78 is 28.8. The molecule has 0 radical (unpaired) electrons. The lowest BCUT2D eigenvalue weighted by molar-refractivity contribution is -0.160. The van der Waals surface area contributed by atoms with Crippen LogP contribution in [0.5, 0.6) is 0 Å². The van der Waals surface area contributed by atoms with E-state index < -0.39 is 6.10 Å². The molecule has 1 aliphatic rings. The van der Waals surface area contributed by atoms with Crippen molar-refractivity contribution < 1.29 is 28.8 Å². The molecule has 5 atom stereocenters. The third-order valence-electron chi connectivity index (χ3n) is 7.28. The fraction of sp³-hybridized carbons (Fsp3) is 0.933. The van der Waals surface area contributed by atoms with E-state index in [9.17, 15) is 5.11 Å². The van der Waals surface area contributed by atoms with Gasteiger partial charge in [-0.15, -0.1) is 6.58 Å². The molecule has 1 fully saturated rings. The number of unbranched alkanes of at least 4 members (excludes halogenated alkanes) is 11. The van der Waals surface area contributed by atoms with Gasteiger partial charge in [0.05, 0.1) is 30.5 Å². The summed E-state index contributed by atoms with van der Waals surface area (Å²) in [6.07, 6.45) is 22.4. The molecule has 0 unspecified atom stereocenters. The molecule has 1 saturated heterocycles. The summed E-state index contributed by atoms with van der Waals surface area (Å²) in [6, 6.07) is 0. The molecule has 0 aliphatic carbocycles. The van der Waals surface area contributed by atoms with E-state index >= 15 is 0 Å². The number of aliphatic hydroxyl groups excluding tert-OH is 1. The van der Waals surface area contributed by atoms with Crippen molar-refractivity contribution in [2.24, 2.45) is 0 Å². The van der Waals surface area contributed by atoms with Gasteiger partial charge in [0.15, 0.2) is 0 Å². The second kappa shape index (κ2) is 23.6. The molecule has 36 heavy (non-hydrogen) atoms. The number of ether oxygens (including phenoxy) is 5. The zero-order valence-corrected chi connectivity index (χ0v) is 23.8. The number of aliphatic hydroxyl groups is 1. The summed E-state index contributed by atoms with van der Waals surface area (Å²) in [4.78, 5) is 0. The topological polar surface area (TPSA) is 66.4 Å². The van der Waals surface area contributed by atoms with E-state index in [1.165, 1.54) is 70.6 Å². The molecule has 1 N–H and O–H groups in total. The fourth-order valence-corrected chi connectivity index (χ4v) is 5.15. The lowest BCUT2D eigenvalue weighted by Crippen LogP contribution is -2.35. The van der Waals surface area contributed by atoms with Gasteiger partial charge in [-0.05, 0) is 38.5 Å². The third kappa shape index (κ3) is 16.4. The highest BCUT2D eigenvalue weighted by Crippen LogP contribution is 2.31. The molecule has 0 bridgehead atoms. The molecule has 1 heterocycles. The quantitative estimate of drug-likeness (QED) is 0.0741. The predicted octanol–water partition coefficient (Wildman–Crippen LogP) is 7.32. The van der Waals surface area contributed by atoms with E-state index in [4.69, 9.17) is 23.7 Å². The summed E-state index contributed by atoms with van der Waals surface area (Å²) in [7, 11) is 3.30. The maximum atomic E-state index is 10.1. The summed E-state index contributed by atoms with van der Waals surface area (Å²) in [5, 5.41) is 10.1. The molecule has 0 aromatic carbocycles. The number of rotatable bonds is 26. The highest BCUT2D eigenvalue weighted by molar-refractivity contribution is 4.85. The van der Waals surface area contributed by atoms with Crippen molar-refractivity contribution in [3.63, 3.8) is 0 Å². The van der Waals surface area contributed by atoms with Crippen molar-refractivity contribution in [3.8, 4) is 0 Å². The molecule has 0 aromatic heterocycles. The first-order valence-corrected chi connectivity index (χ1v) is 14.8. The molecular formula is C30H58O6. The van der Waals surface area contributed by atoms with Crippen LogP contribution in [0.2, 0.25) is 0 Å². The van der Waals surface area contributed by atoms with E-state index in [-0.39, 0.29) is 31.2 Å². The lowest BCUT2D eigenvalue weighted by Gasteiger charge is -2.27. The Kier molecular flexibility index (Phi) is 22.0. The van der Waals surface area contributed by atoms with Gasteiger partial charge in [0.2, 0.25) is 0 Å². The first kappa shape index (κ1) is 33.5. The highest BCUT2D eigenvalue weighted by Gasteiger charge is 2.36. The van der Waals surface area contributed by atoms with Gasteiger partial charge < -0.3 is 28.8 Å². The molecule has 0 spiro atoms. The minimum atomic E-state index is -0.392. The van der Waals surface area contributed by atoms with Gasteiger partial charge in [-0.1, -0.05) is 90.0 Å². The minimum absolute atomic E-state index is 0.00306. The maximum absolute atomic E-state index is 10.1. The minimum Gasteiger partial charge on any atom is -0.393 e. The molecule has 1 rings (SSSR count). The van der Waals surface area contributed by atoms with E-state index in [2.05, 4.69) is 13.5 Å². The first-order chi connectivity index (χ1) is 17.7. The zero-order valence-electron chi connectivity index (χ0n) is 23.8. The molecule has 1 aliphatic heterocycles. The van der Waals surface area contributed by atoms with E-state index in [0.29, 0.717) is 19.6 Å². The molecule has 6 nitrogen and oxygen atoms in total. The van der Waals surface area contributed by atoms with Crippen molar-refractivity contribution in [1.29, 1.82) is 0 Å².